The first-order chi connectivity index (χ1) is 11.3. The molecule has 2 N–H and O–H groups in total. The number of aromatic nitrogens is 1. The number of rotatable bonds is 8. The molecule has 0 aliphatic rings. The molecule has 0 amide bonds. The van der Waals surface area contributed by atoms with Gasteiger partial charge in [-0.15, -0.1) is 24.0 Å². The van der Waals surface area contributed by atoms with E-state index in [2.05, 4.69) is 20.6 Å². The summed E-state index contributed by atoms with van der Waals surface area (Å²) in [6.45, 7) is 4.86. The maximum atomic E-state index is 5.52. The predicted molar refractivity (Wildman–Crippen MR) is 107 cm³/mol. The Hall–Kier alpha value is -1.61. The lowest BCUT2D eigenvalue weighted by Crippen LogP contribution is -2.38. The van der Waals surface area contributed by atoms with Crippen LogP contribution in [0.4, 0.5) is 0 Å². The Morgan fingerprint density at radius 3 is 2.75 bits per heavy atom. The van der Waals surface area contributed by atoms with Gasteiger partial charge in [-0.1, -0.05) is 18.2 Å². The molecule has 0 saturated carbocycles. The fourth-order valence-electron chi connectivity index (χ4n) is 2.02. The Labute approximate surface area is 160 Å². The zero-order valence-corrected chi connectivity index (χ0v) is 16.4. The van der Waals surface area contributed by atoms with Crippen molar-refractivity contribution in [1.29, 1.82) is 0 Å². The first kappa shape index (κ1) is 20.4. The van der Waals surface area contributed by atoms with Crippen LogP contribution in [-0.4, -0.2) is 37.7 Å². The summed E-state index contributed by atoms with van der Waals surface area (Å²) in [6, 6.07) is 9.84. The molecule has 7 heteroatoms. The Bertz CT molecular complexity index is 602. The van der Waals surface area contributed by atoms with Crippen molar-refractivity contribution in [3.8, 4) is 11.5 Å². The first-order valence-electron chi connectivity index (χ1n) is 7.84. The van der Waals surface area contributed by atoms with E-state index in [9.17, 15) is 0 Å². The minimum absolute atomic E-state index is 0. The Kier molecular flexibility index (Phi) is 10.1. The molecule has 0 aliphatic heterocycles. The van der Waals surface area contributed by atoms with E-state index < -0.39 is 0 Å². The number of hydrogen-bond acceptors (Lipinski definition) is 4. The highest BCUT2D eigenvalue weighted by molar-refractivity contribution is 14.0. The Balaban J connectivity index is 0.00000288. The molecule has 0 bridgehead atoms. The summed E-state index contributed by atoms with van der Waals surface area (Å²) in [4.78, 5) is 8.99. The molecular weight excluding hydrogens is 419 g/mol. The van der Waals surface area contributed by atoms with E-state index in [-0.39, 0.29) is 24.0 Å². The number of halogens is 1. The molecule has 0 saturated heterocycles. The number of oxazole rings is 1. The molecule has 132 valence electrons. The van der Waals surface area contributed by atoms with Gasteiger partial charge >= 0.3 is 0 Å². The van der Waals surface area contributed by atoms with E-state index in [1.54, 1.807) is 13.4 Å². The second kappa shape index (κ2) is 11.9. The van der Waals surface area contributed by atoms with Crippen LogP contribution in [0.2, 0.25) is 0 Å². The highest BCUT2D eigenvalue weighted by atomic mass is 127. The summed E-state index contributed by atoms with van der Waals surface area (Å²) in [5, 5.41) is 6.47. The number of guanidine groups is 1. The smallest absolute Gasteiger partial charge is 0.226 e. The van der Waals surface area contributed by atoms with Crippen LogP contribution < -0.4 is 10.6 Å². The lowest BCUT2D eigenvalue weighted by molar-refractivity contribution is 0.195. The minimum atomic E-state index is 0. The van der Waals surface area contributed by atoms with Gasteiger partial charge in [0.25, 0.3) is 0 Å². The summed E-state index contributed by atoms with van der Waals surface area (Å²) >= 11 is 0. The first-order valence-corrected chi connectivity index (χ1v) is 7.84. The summed E-state index contributed by atoms with van der Waals surface area (Å²) < 4.78 is 10.6. The van der Waals surface area contributed by atoms with Crippen molar-refractivity contribution in [2.75, 3.05) is 26.8 Å². The second-order valence-corrected chi connectivity index (χ2v) is 4.98. The third-order valence-electron chi connectivity index (χ3n) is 3.13. The lowest BCUT2D eigenvalue weighted by Gasteiger charge is -2.10. The number of nitrogens with zero attached hydrogens (tertiary/aromatic N) is 2. The van der Waals surface area contributed by atoms with Crippen LogP contribution in [0.1, 0.15) is 19.0 Å². The van der Waals surface area contributed by atoms with Crippen LogP contribution in [0.3, 0.4) is 0 Å². The normalized spacial score (nSPS) is 11.0. The van der Waals surface area contributed by atoms with Gasteiger partial charge in [-0.3, -0.25) is 0 Å². The van der Waals surface area contributed by atoms with Gasteiger partial charge in [-0.25, -0.2) is 9.98 Å². The van der Waals surface area contributed by atoms with Crippen molar-refractivity contribution >= 4 is 29.9 Å². The number of ether oxygens (including phenoxy) is 1. The van der Waals surface area contributed by atoms with Crippen LogP contribution in [0.15, 0.2) is 46.0 Å². The topological polar surface area (TPSA) is 71.7 Å². The summed E-state index contributed by atoms with van der Waals surface area (Å²) in [6.07, 6.45) is 2.59. The van der Waals surface area contributed by atoms with Gasteiger partial charge in [-0.05, 0) is 25.5 Å². The molecule has 24 heavy (non-hydrogen) atoms. The number of methoxy groups -OCH3 is 1. The zero-order valence-electron chi connectivity index (χ0n) is 14.1. The minimum Gasteiger partial charge on any atom is -0.444 e. The van der Waals surface area contributed by atoms with Crippen LogP contribution in [0, 0.1) is 0 Å². The standard InChI is InChI=1S/C17H24N4O2.HI/c1-3-18-17(19-10-7-11-22-2)20-12-15-13-23-16(21-15)14-8-5-4-6-9-14;/h4-6,8-9,13H,3,7,10-12H2,1-2H3,(H2,18,19,20);1H. The average molecular weight is 444 g/mol. The molecule has 1 aromatic heterocycles. The fourth-order valence-corrected chi connectivity index (χ4v) is 2.02. The molecule has 1 heterocycles. The van der Waals surface area contributed by atoms with Gasteiger partial charge in [0.1, 0.15) is 12.0 Å². The van der Waals surface area contributed by atoms with Gasteiger partial charge in [0.2, 0.25) is 5.89 Å². The highest BCUT2D eigenvalue weighted by Crippen LogP contribution is 2.18. The van der Waals surface area contributed by atoms with E-state index >= 15 is 0 Å². The van der Waals surface area contributed by atoms with E-state index in [1.165, 1.54) is 0 Å². The largest absolute Gasteiger partial charge is 0.444 e. The van der Waals surface area contributed by atoms with Gasteiger partial charge in [0.05, 0.1) is 6.54 Å². The number of hydrogen-bond donors (Lipinski definition) is 2. The van der Waals surface area contributed by atoms with Crippen LogP contribution in [0.5, 0.6) is 0 Å². The molecule has 2 aromatic rings. The molecular formula is C17H25IN4O2. The third-order valence-corrected chi connectivity index (χ3v) is 3.13. The van der Waals surface area contributed by atoms with Crippen molar-refractivity contribution in [2.24, 2.45) is 4.99 Å². The quantitative estimate of drug-likeness (QED) is 0.284. The van der Waals surface area contributed by atoms with Crippen molar-refractivity contribution in [3.05, 3.63) is 42.3 Å². The SMILES string of the molecule is CCNC(=NCc1coc(-c2ccccc2)n1)NCCCOC.I. The van der Waals surface area contributed by atoms with Crippen LogP contribution >= 0.6 is 24.0 Å². The Morgan fingerprint density at radius 2 is 2.04 bits per heavy atom. The number of aliphatic imine (C=N–C) groups is 1. The van der Waals surface area contributed by atoms with Crippen molar-refractivity contribution in [1.82, 2.24) is 15.6 Å². The van der Waals surface area contributed by atoms with E-state index in [0.717, 1.165) is 43.3 Å². The van der Waals surface area contributed by atoms with Crippen LogP contribution in [-0.2, 0) is 11.3 Å². The second-order valence-electron chi connectivity index (χ2n) is 4.98. The maximum Gasteiger partial charge on any atom is 0.226 e. The molecule has 0 radical (unpaired) electrons. The van der Waals surface area contributed by atoms with Crippen molar-refractivity contribution in [3.63, 3.8) is 0 Å². The Morgan fingerprint density at radius 1 is 1.25 bits per heavy atom. The summed E-state index contributed by atoms with van der Waals surface area (Å²) in [5.74, 6) is 1.39. The van der Waals surface area contributed by atoms with Gasteiger partial charge < -0.3 is 19.8 Å². The summed E-state index contributed by atoms with van der Waals surface area (Å²) in [5.41, 5.74) is 1.77. The fraction of sp³-hybridized carbons (Fsp3) is 0.412. The van der Waals surface area contributed by atoms with E-state index in [0.29, 0.717) is 12.4 Å². The van der Waals surface area contributed by atoms with Crippen molar-refractivity contribution < 1.29 is 9.15 Å². The van der Waals surface area contributed by atoms with Gasteiger partial charge in [0, 0.05) is 32.4 Å². The van der Waals surface area contributed by atoms with Gasteiger partial charge in [-0.2, -0.15) is 0 Å². The predicted octanol–water partition coefficient (Wildman–Crippen LogP) is 3.05. The molecule has 0 spiro atoms. The molecule has 6 nitrogen and oxygen atoms in total. The number of benzene rings is 1. The molecule has 1 aromatic carbocycles. The van der Waals surface area contributed by atoms with Crippen LogP contribution in [0.25, 0.3) is 11.5 Å². The highest BCUT2D eigenvalue weighted by Gasteiger charge is 2.06. The average Bonchev–Trinajstić information content (AvgIpc) is 3.06. The molecule has 0 fully saturated rings. The third kappa shape index (κ3) is 6.88. The molecule has 2 rings (SSSR count). The van der Waals surface area contributed by atoms with Gasteiger partial charge in [0.15, 0.2) is 5.96 Å². The van der Waals surface area contributed by atoms with E-state index in [1.807, 2.05) is 37.3 Å². The lowest BCUT2D eigenvalue weighted by atomic mass is 10.2. The van der Waals surface area contributed by atoms with E-state index in [4.69, 9.17) is 9.15 Å². The number of nitrogens with one attached hydrogen (secondary N) is 2. The zero-order chi connectivity index (χ0) is 16.3. The monoisotopic (exact) mass is 444 g/mol. The summed E-state index contributed by atoms with van der Waals surface area (Å²) in [7, 11) is 1.70. The molecule has 0 atom stereocenters. The van der Waals surface area contributed by atoms with Crippen molar-refractivity contribution in [2.45, 2.75) is 19.9 Å². The molecule has 0 unspecified atom stereocenters. The maximum absolute atomic E-state index is 5.52. The molecule has 0 aliphatic carbocycles.